The highest BCUT2D eigenvalue weighted by Crippen LogP contribution is 2.08. The molecule has 0 bridgehead atoms. The molecule has 0 saturated carbocycles. The van der Waals surface area contributed by atoms with Crippen molar-refractivity contribution in [2.24, 2.45) is 4.99 Å². The molecule has 0 aromatic carbocycles. The van der Waals surface area contributed by atoms with Gasteiger partial charge in [-0.2, -0.15) is 0 Å². The van der Waals surface area contributed by atoms with Gasteiger partial charge in [-0.15, -0.1) is 0 Å². The number of rotatable bonds is 0. The van der Waals surface area contributed by atoms with E-state index in [-0.39, 0.29) is 0 Å². The molecule has 0 aromatic heterocycles. The summed E-state index contributed by atoms with van der Waals surface area (Å²) < 4.78 is 0. The molecule has 0 amide bonds. The van der Waals surface area contributed by atoms with Crippen LogP contribution in [-0.4, -0.2) is 30.5 Å². The molecule has 1 N–H and O–H groups in total. The molecular formula is C6H9N3. The molecule has 2 aliphatic rings. The van der Waals surface area contributed by atoms with Gasteiger partial charge in [0.25, 0.3) is 0 Å². The summed E-state index contributed by atoms with van der Waals surface area (Å²) in [5, 5.41) is 3.10. The summed E-state index contributed by atoms with van der Waals surface area (Å²) in [4.78, 5) is 6.42. The molecule has 3 heteroatoms. The first-order chi connectivity index (χ1) is 4.36. The second-order valence-electron chi connectivity index (χ2n) is 2.36. The zero-order valence-corrected chi connectivity index (χ0v) is 5.22. The highest BCUT2D eigenvalue weighted by atomic mass is 15.4. The van der Waals surface area contributed by atoms with E-state index in [0.29, 0.717) is 0 Å². The molecule has 3 nitrogen and oxygen atoms in total. The van der Waals surface area contributed by atoms with E-state index < -0.39 is 0 Å². The summed E-state index contributed by atoms with van der Waals surface area (Å²) >= 11 is 0. The van der Waals surface area contributed by atoms with E-state index in [1.54, 1.807) is 0 Å². The Morgan fingerprint density at radius 3 is 3.33 bits per heavy atom. The van der Waals surface area contributed by atoms with Crippen LogP contribution in [0.25, 0.3) is 0 Å². The average Bonchev–Trinajstić information content (AvgIpc) is 2.22. The largest absolute Gasteiger partial charge is 0.335 e. The number of guanidine groups is 1. The van der Waals surface area contributed by atoms with Crippen molar-refractivity contribution in [3.05, 3.63) is 12.3 Å². The summed E-state index contributed by atoms with van der Waals surface area (Å²) in [6.07, 6.45) is 0. The molecule has 1 saturated heterocycles. The number of fused-ring (bicyclic) bond motifs is 1. The van der Waals surface area contributed by atoms with Crippen molar-refractivity contribution >= 4 is 5.96 Å². The number of hydrogen-bond acceptors (Lipinski definition) is 3. The first-order valence-electron chi connectivity index (χ1n) is 3.10. The SMILES string of the molecule is C=C1CN2CCN=C2N1. The minimum absolute atomic E-state index is 0.940. The van der Waals surface area contributed by atoms with Crippen molar-refractivity contribution < 1.29 is 0 Å². The minimum atomic E-state index is 0.940. The van der Waals surface area contributed by atoms with Gasteiger partial charge in [0.2, 0.25) is 0 Å². The van der Waals surface area contributed by atoms with Crippen LogP contribution in [0.2, 0.25) is 0 Å². The van der Waals surface area contributed by atoms with Crippen LogP contribution < -0.4 is 5.32 Å². The van der Waals surface area contributed by atoms with Gasteiger partial charge in [-0.1, -0.05) is 6.58 Å². The summed E-state index contributed by atoms with van der Waals surface area (Å²) in [7, 11) is 0. The van der Waals surface area contributed by atoms with Crippen molar-refractivity contribution in [3.8, 4) is 0 Å². The van der Waals surface area contributed by atoms with Crippen LogP contribution in [0.1, 0.15) is 0 Å². The maximum absolute atomic E-state index is 4.22. The Morgan fingerprint density at radius 1 is 1.67 bits per heavy atom. The van der Waals surface area contributed by atoms with Crippen molar-refractivity contribution in [1.82, 2.24) is 10.2 Å². The van der Waals surface area contributed by atoms with Gasteiger partial charge in [0.05, 0.1) is 13.1 Å². The molecule has 0 aliphatic carbocycles. The average molecular weight is 123 g/mol. The van der Waals surface area contributed by atoms with Gasteiger partial charge in [-0.05, 0) is 0 Å². The zero-order chi connectivity index (χ0) is 6.27. The lowest BCUT2D eigenvalue weighted by Gasteiger charge is -2.05. The minimum Gasteiger partial charge on any atom is -0.335 e. The lowest BCUT2D eigenvalue weighted by molar-refractivity contribution is 0.519. The zero-order valence-electron chi connectivity index (χ0n) is 5.22. The monoisotopic (exact) mass is 123 g/mol. The predicted molar refractivity (Wildman–Crippen MR) is 36.2 cm³/mol. The molecule has 0 aromatic rings. The molecule has 0 atom stereocenters. The molecule has 2 heterocycles. The third kappa shape index (κ3) is 0.608. The fourth-order valence-corrected chi connectivity index (χ4v) is 1.18. The van der Waals surface area contributed by atoms with Crippen LogP contribution in [0.4, 0.5) is 0 Å². The molecule has 1 fully saturated rings. The van der Waals surface area contributed by atoms with Crippen molar-refractivity contribution in [2.75, 3.05) is 19.6 Å². The summed E-state index contributed by atoms with van der Waals surface area (Å²) in [5.74, 6) is 1.01. The molecule has 0 unspecified atom stereocenters. The maximum Gasteiger partial charge on any atom is 0.198 e. The van der Waals surface area contributed by atoms with E-state index in [0.717, 1.165) is 31.3 Å². The van der Waals surface area contributed by atoms with Crippen LogP contribution in [0.3, 0.4) is 0 Å². The smallest absolute Gasteiger partial charge is 0.198 e. The van der Waals surface area contributed by atoms with E-state index in [9.17, 15) is 0 Å². The number of nitrogens with zero attached hydrogens (tertiary/aromatic N) is 2. The van der Waals surface area contributed by atoms with Gasteiger partial charge in [0.1, 0.15) is 0 Å². The number of hydrogen-bond donors (Lipinski definition) is 1. The van der Waals surface area contributed by atoms with Gasteiger partial charge in [-0.25, -0.2) is 0 Å². The highest BCUT2D eigenvalue weighted by Gasteiger charge is 2.23. The standard InChI is InChI=1S/C6H9N3/c1-5-4-9-3-2-7-6(9)8-5/h1-4H2,(H,7,8). The summed E-state index contributed by atoms with van der Waals surface area (Å²) in [6, 6.07) is 0. The molecule has 9 heavy (non-hydrogen) atoms. The summed E-state index contributed by atoms with van der Waals surface area (Å²) in [5.41, 5.74) is 1.06. The van der Waals surface area contributed by atoms with Crippen molar-refractivity contribution in [2.45, 2.75) is 0 Å². The fraction of sp³-hybridized carbons (Fsp3) is 0.500. The lowest BCUT2D eigenvalue weighted by atomic mass is 10.5. The van der Waals surface area contributed by atoms with Crippen LogP contribution in [0, 0.1) is 0 Å². The van der Waals surface area contributed by atoms with E-state index in [1.807, 2.05) is 0 Å². The Bertz CT molecular complexity index is 183. The Hall–Kier alpha value is -0.990. The van der Waals surface area contributed by atoms with E-state index in [1.165, 1.54) is 0 Å². The molecule has 0 spiro atoms. The van der Waals surface area contributed by atoms with Crippen LogP contribution in [-0.2, 0) is 0 Å². The van der Waals surface area contributed by atoms with Gasteiger partial charge in [0, 0.05) is 12.2 Å². The second-order valence-corrected chi connectivity index (χ2v) is 2.36. The molecule has 0 radical (unpaired) electrons. The Labute approximate surface area is 54.1 Å². The van der Waals surface area contributed by atoms with E-state index in [2.05, 4.69) is 21.8 Å². The van der Waals surface area contributed by atoms with Crippen molar-refractivity contribution in [3.63, 3.8) is 0 Å². The maximum atomic E-state index is 4.22. The van der Waals surface area contributed by atoms with Gasteiger partial charge in [-0.3, -0.25) is 4.99 Å². The topological polar surface area (TPSA) is 27.6 Å². The van der Waals surface area contributed by atoms with Crippen molar-refractivity contribution in [1.29, 1.82) is 0 Å². The Morgan fingerprint density at radius 2 is 2.56 bits per heavy atom. The van der Waals surface area contributed by atoms with Crippen LogP contribution in [0.15, 0.2) is 17.3 Å². The molecular weight excluding hydrogens is 114 g/mol. The van der Waals surface area contributed by atoms with Gasteiger partial charge >= 0.3 is 0 Å². The Balaban J connectivity index is 2.24. The lowest BCUT2D eigenvalue weighted by Crippen LogP contribution is -2.25. The first kappa shape index (κ1) is 4.85. The van der Waals surface area contributed by atoms with Gasteiger partial charge in [0.15, 0.2) is 5.96 Å². The Kier molecular flexibility index (Phi) is 0.806. The normalized spacial score (nSPS) is 23.8. The highest BCUT2D eigenvalue weighted by molar-refractivity contribution is 5.85. The quantitative estimate of drug-likeness (QED) is 0.482. The van der Waals surface area contributed by atoms with Crippen LogP contribution >= 0.6 is 0 Å². The third-order valence-electron chi connectivity index (χ3n) is 1.60. The molecule has 2 rings (SSSR count). The molecule has 48 valence electrons. The van der Waals surface area contributed by atoms with Gasteiger partial charge < -0.3 is 10.2 Å². The van der Waals surface area contributed by atoms with E-state index in [4.69, 9.17) is 0 Å². The number of aliphatic imine (C=N–C) groups is 1. The molecule has 2 aliphatic heterocycles. The van der Waals surface area contributed by atoms with E-state index >= 15 is 0 Å². The third-order valence-corrected chi connectivity index (χ3v) is 1.60. The second kappa shape index (κ2) is 1.50. The number of nitrogens with one attached hydrogen (secondary N) is 1. The van der Waals surface area contributed by atoms with Crippen LogP contribution in [0.5, 0.6) is 0 Å². The summed E-state index contributed by atoms with van der Waals surface area (Å²) in [6.45, 7) is 6.74. The fourth-order valence-electron chi connectivity index (χ4n) is 1.18. The first-order valence-corrected chi connectivity index (χ1v) is 3.10. The predicted octanol–water partition coefficient (Wildman–Crippen LogP) is -0.225.